The summed E-state index contributed by atoms with van der Waals surface area (Å²) >= 11 is 0. The third kappa shape index (κ3) is 5.76. The highest BCUT2D eigenvalue weighted by atomic mass is 32.2. The summed E-state index contributed by atoms with van der Waals surface area (Å²) in [4.78, 5) is 21.2. The number of rotatable bonds is 9. The molecule has 0 aliphatic heterocycles. The smallest absolute Gasteiger partial charge is 0.269 e. The molecule has 0 atom stereocenters. The van der Waals surface area contributed by atoms with E-state index in [4.69, 9.17) is 4.74 Å². The molecule has 0 aliphatic rings. The van der Waals surface area contributed by atoms with Crippen LogP contribution in [0.2, 0.25) is 0 Å². The normalized spacial score (nSPS) is 11.1. The van der Waals surface area contributed by atoms with Gasteiger partial charge in [-0.25, -0.2) is 13.1 Å². The summed E-state index contributed by atoms with van der Waals surface area (Å²) in [6.45, 7) is 0.656. The third-order valence-corrected chi connectivity index (χ3v) is 4.11. The topological polar surface area (TPSA) is 128 Å². The Kier molecular flexibility index (Phi) is 6.89. The first kappa shape index (κ1) is 18.0. The summed E-state index contributed by atoms with van der Waals surface area (Å²) < 4.78 is 30.9. The number of sulfonamides is 1. The van der Waals surface area contributed by atoms with E-state index in [9.17, 15) is 23.3 Å². The Morgan fingerprint density at radius 1 is 1.27 bits per heavy atom. The molecule has 1 rings (SSSR count). The molecule has 0 saturated carbocycles. The van der Waals surface area contributed by atoms with Crippen molar-refractivity contribution in [2.45, 2.75) is 11.3 Å². The summed E-state index contributed by atoms with van der Waals surface area (Å²) in [5.74, 6) is -0.302. The number of carbonyl (C=O) groups is 1. The van der Waals surface area contributed by atoms with E-state index in [2.05, 4.69) is 10.0 Å². The Hall–Kier alpha value is -2.04. The van der Waals surface area contributed by atoms with Crippen LogP contribution in [0.5, 0.6) is 0 Å². The molecule has 1 aromatic carbocycles. The first-order chi connectivity index (χ1) is 10.4. The highest BCUT2D eigenvalue weighted by Gasteiger charge is 2.15. The lowest BCUT2D eigenvalue weighted by molar-refractivity contribution is -0.384. The Bertz CT molecular complexity index is 614. The minimum absolute atomic E-state index is 0.0179. The van der Waals surface area contributed by atoms with Crippen molar-refractivity contribution in [3.8, 4) is 0 Å². The fourth-order valence-electron chi connectivity index (χ4n) is 1.51. The maximum absolute atomic E-state index is 11.9. The van der Waals surface area contributed by atoms with Gasteiger partial charge in [-0.3, -0.25) is 14.9 Å². The molecule has 0 aromatic heterocycles. The van der Waals surface area contributed by atoms with E-state index >= 15 is 0 Å². The zero-order valence-electron chi connectivity index (χ0n) is 11.9. The average Bonchev–Trinajstić information content (AvgIpc) is 2.47. The number of nitrogens with one attached hydrogen (secondary N) is 2. The van der Waals surface area contributed by atoms with Crippen molar-refractivity contribution in [1.29, 1.82) is 0 Å². The zero-order valence-corrected chi connectivity index (χ0v) is 12.8. The monoisotopic (exact) mass is 331 g/mol. The van der Waals surface area contributed by atoms with Crippen LogP contribution in [-0.2, 0) is 19.6 Å². The highest BCUT2D eigenvalue weighted by molar-refractivity contribution is 7.89. The first-order valence-corrected chi connectivity index (χ1v) is 7.85. The predicted molar refractivity (Wildman–Crippen MR) is 77.8 cm³/mol. The molecule has 22 heavy (non-hydrogen) atoms. The van der Waals surface area contributed by atoms with E-state index in [1.807, 2.05) is 0 Å². The van der Waals surface area contributed by atoms with Crippen molar-refractivity contribution in [3.63, 3.8) is 0 Å². The number of nitro benzene ring substituents is 1. The molecule has 2 N–H and O–H groups in total. The Balaban J connectivity index is 2.50. The molecule has 1 amide bonds. The maximum atomic E-state index is 11.9. The van der Waals surface area contributed by atoms with Gasteiger partial charge in [0.1, 0.15) is 0 Å². The van der Waals surface area contributed by atoms with Gasteiger partial charge >= 0.3 is 0 Å². The number of hydrogen-bond donors (Lipinski definition) is 2. The van der Waals surface area contributed by atoms with Crippen LogP contribution in [-0.4, -0.2) is 46.1 Å². The van der Waals surface area contributed by atoms with Crippen LogP contribution in [0.15, 0.2) is 29.2 Å². The van der Waals surface area contributed by atoms with E-state index in [0.29, 0.717) is 13.2 Å². The lowest BCUT2D eigenvalue weighted by Gasteiger charge is -2.07. The van der Waals surface area contributed by atoms with Crippen molar-refractivity contribution in [2.24, 2.45) is 0 Å². The zero-order chi connectivity index (χ0) is 16.6. The Morgan fingerprint density at radius 3 is 2.45 bits per heavy atom. The molecule has 9 nitrogen and oxygen atoms in total. The number of ether oxygens (including phenoxy) is 1. The lowest BCUT2D eigenvalue weighted by atomic mass is 10.3. The van der Waals surface area contributed by atoms with Crippen LogP contribution >= 0.6 is 0 Å². The second-order valence-corrected chi connectivity index (χ2v) is 6.01. The maximum Gasteiger partial charge on any atom is 0.269 e. The van der Waals surface area contributed by atoms with Gasteiger partial charge < -0.3 is 10.1 Å². The standard InChI is InChI=1S/C12H17N3O6S/c1-21-9-8-13-12(16)6-7-14-22(19,20)11-4-2-10(3-5-11)15(17)18/h2-5,14H,6-9H2,1H3,(H,13,16). The van der Waals surface area contributed by atoms with Gasteiger partial charge in [0.15, 0.2) is 0 Å². The minimum Gasteiger partial charge on any atom is -0.383 e. The molecule has 0 bridgehead atoms. The van der Waals surface area contributed by atoms with E-state index in [1.54, 1.807) is 0 Å². The number of methoxy groups -OCH3 is 1. The second-order valence-electron chi connectivity index (χ2n) is 4.24. The molecular weight excluding hydrogens is 314 g/mol. The summed E-state index contributed by atoms with van der Waals surface area (Å²) in [7, 11) is -2.30. The molecule has 0 saturated heterocycles. The summed E-state index contributed by atoms with van der Waals surface area (Å²) in [6, 6.07) is 4.48. The van der Waals surface area contributed by atoms with Gasteiger partial charge in [-0.1, -0.05) is 0 Å². The van der Waals surface area contributed by atoms with Crippen LogP contribution < -0.4 is 10.0 Å². The van der Waals surface area contributed by atoms with Gasteiger partial charge in [-0.2, -0.15) is 0 Å². The van der Waals surface area contributed by atoms with Crippen molar-refractivity contribution in [1.82, 2.24) is 10.0 Å². The average molecular weight is 331 g/mol. The fourth-order valence-corrected chi connectivity index (χ4v) is 2.54. The third-order valence-electron chi connectivity index (χ3n) is 2.63. The van der Waals surface area contributed by atoms with Crippen molar-refractivity contribution < 1.29 is 22.9 Å². The number of carbonyl (C=O) groups excluding carboxylic acids is 1. The lowest BCUT2D eigenvalue weighted by Crippen LogP contribution is -2.32. The van der Waals surface area contributed by atoms with Gasteiger partial charge in [0.05, 0.1) is 16.4 Å². The number of hydrogen-bond acceptors (Lipinski definition) is 6. The quantitative estimate of drug-likeness (QED) is 0.373. The van der Waals surface area contributed by atoms with E-state index in [0.717, 1.165) is 24.3 Å². The predicted octanol–water partition coefficient (Wildman–Crippen LogP) is 0.0258. The fraction of sp³-hybridized carbons (Fsp3) is 0.417. The Labute approximate surface area is 127 Å². The SMILES string of the molecule is COCCNC(=O)CCNS(=O)(=O)c1ccc([N+](=O)[O-])cc1. The number of benzene rings is 1. The minimum atomic E-state index is -3.80. The summed E-state index contributed by atoms with van der Waals surface area (Å²) in [6.07, 6.45) is -0.0179. The van der Waals surface area contributed by atoms with Crippen LogP contribution in [0.25, 0.3) is 0 Å². The van der Waals surface area contributed by atoms with Crippen molar-refractivity contribution in [3.05, 3.63) is 34.4 Å². The van der Waals surface area contributed by atoms with Crippen LogP contribution in [0, 0.1) is 10.1 Å². The van der Waals surface area contributed by atoms with Gasteiger partial charge in [-0.15, -0.1) is 0 Å². The second kappa shape index (κ2) is 8.41. The van der Waals surface area contributed by atoms with E-state index in [1.165, 1.54) is 7.11 Å². The van der Waals surface area contributed by atoms with Crippen molar-refractivity contribution in [2.75, 3.05) is 26.8 Å². The summed E-state index contributed by atoms with van der Waals surface area (Å²) in [5.41, 5.74) is -0.198. The molecule has 1 aromatic rings. The number of amides is 1. The van der Waals surface area contributed by atoms with Gasteiger partial charge in [0, 0.05) is 38.8 Å². The number of non-ortho nitro benzene ring substituents is 1. The Morgan fingerprint density at radius 2 is 1.91 bits per heavy atom. The van der Waals surface area contributed by atoms with E-state index < -0.39 is 14.9 Å². The molecule has 122 valence electrons. The number of nitro groups is 1. The van der Waals surface area contributed by atoms with Crippen LogP contribution in [0.1, 0.15) is 6.42 Å². The molecule has 0 unspecified atom stereocenters. The van der Waals surface area contributed by atoms with Crippen LogP contribution in [0.3, 0.4) is 0 Å². The first-order valence-electron chi connectivity index (χ1n) is 6.36. The van der Waals surface area contributed by atoms with Crippen molar-refractivity contribution >= 4 is 21.6 Å². The van der Waals surface area contributed by atoms with Gasteiger partial charge in [-0.05, 0) is 12.1 Å². The highest BCUT2D eigenvalue weighted by Crippen LogP contribution is 2.15. The molecule has 10 heteroatoms. The van der Waals surface area contributed by atoms with E-state index in [-0.39, 0.29) is 29.5 Å². The summed E-state index contributed by atoms with van der Waals surface area (Å²) in [5, 5.41) is 13.1. The van der Waals surface area contributed by atoms with Gasteiger partial charge in [0.2, 0.25) is 15.9 Å². The molecular formula is C12H17N3O6S. The number of nitrogens with zero attached hydrogens (tertiary/aromatic N) is 1. The molecule has 0 spiro atoms. The molecule has 0 heterocycles. The van der Waals surface area contributed by atoms with Crippen LogP contribution in [0.4, 0.5) is 5.69 Å². The largest absolute Gasteiger partial charge is 0.383 e. The molecule has 0 fully saturated rings. The van der Waals surface area contributed by atoms with Gasteiger partial charge in [0.25, 0.3) is 5.69 Å². The molecule has 0 aliphatic carbocycles. The molecule has 0 radical (unpaired) electrons.